The summed E-state index contributed by atoms with van der Waals surface area (Å²) in [5, 5.41) is 5.88. The van der Waals surface area contributed by atoms with Crippen LogP contribution in [0.3, 0.4) is 0 Å². The zero-order valence-corrected chi connectivity index (χ0v) is 35.7. The van der Waals surface area contributed by atoms with Crippen molar-refractivity contribution in [2.75, 3.05) is 0 Å². The van der Waals surface area contributed by atoms with Gasteiger partial charge < -0.3 is 0 Å². The van der Waals surface area contributed by atoms with Crippen LogP contribution in [0.2, 0.25) is 29.6 Å². The van der Waals surface area contributed by atoms with Gasteiger partial charge in [0.15, 0.2) is 0 Å². The summed E-state index contributed by atoms with van der Waals surface area (Å²) in [7, 11) is 0. The molecule has 0 fully saturated rings. The van der Waals surface area contributed by atoms with E-state index in [2.05, 4.69) is 100 Å². The van der Waals surface area contributed by atoms with E-state index in [9.17, 15) is 0 Å². The van der Waals surface area contributed by atoms with Gasteiger partial charge in [-0.2, -0.15) is 0 Å². The molecule has 0 unspecified atom stereocenters. The summed E-state index contributed by atoms with van der Waals surface area (Å²) in [6.07, 6.45) is 19.8. The van der Waals surface area contributed by atoms with Crippen LogP contribution < -0.4 is 5.79 Å². The van der Waals surface area contributed by atoms with Gasteiger partial charge in [0.25, 0.3) is 0 Å². The average molecular weight is 829 g/mol. The number of nitrogens with zero attached hydrogens (tertiary/aromatic N) is 1. The Hall–Kier alpha value is -0.243. The molecule has 5 aromatic rings. The molecule has 5 rings (SSSR count). The van der Waals surface area contributed by atoms with Gasteiger partial charge in [0.1, 0.15) is 0 Å². The standard InChI is InChI=1S/C32H39NS2.6CH3.2Sn/c1-2-3-4-5-6-7-8-9-10-11-12-13-14-15-18-33-29-21-25-16-19-34-31(25)23-27(29)28-24-32-26(17-20-35-32)22-30(28)33;;;;;;;;/h16-17,21-24H,2-15,18H2,1H3;6*1H3;;. The van der Waals surface area contributed by atoms with E-state index in [1.165, 1.54) is 132 Å². The predicted molar refractivity (Wildman–Crippen MR) is 206 cm³/mol. The van der Waals surface area contributed by atoms with Crippen LogP contribution in [-0.4, -0.2) is 41.3 Å². The van der Waals surface area contributed by atoms with Crippen LogP contribution in [0, 0.1) is 0 Å². The fourth-order valence-corrected chi connectivity index (χ4v) is 19.4. The van der Waals surface area contributed by atoms with E-state index in [1.807, 2.05) is 0 Å². The van der Waals surface area contributed by atoms with Gasteiger partial charge in [0, 0.05) is 0 Å². The SMILES string of the molecule is CCCCCCCCCCCCCCCCn1c2cc3c[c]([Sn]([CH3])([CH3])[CH3])sc3cc2c2cc3s[c]([Sn]([CH3])([CH3])[CH3])cc3cc21. The molecule has 3 aromatic heterocycles. The number of unbranched alkanes of at least 4 members (excludes halogenated alkanes) is 13. The molecule has 0 aliphatic heterocycles. The third kappa shape index (κ3) is 8.57. The van der Waals surface area contributed by atoms with E-state index in [-0.39, 0.29) is 0 Å². The van der Waals surface area contributed by atoms with Crippen molar-refractivity contribution in [3.8, 4) is 0 Å². The van der Waals surface area contributed by atoms with Crippen molar-refractivity contribution >= 4 is 107 Å². The molecule has 43 heavy (non-hydrogen) atoms. The fraction of sp³-hybridized carbons (Fsp3) is 0.579. The zero-order valence-electron chi connectivity index (χ0n) is 28.3. The van der Waals surface area contributed by atoms with Crippen LogP contribution in [0.5, 0.6) is 0 Å². The minimum absolute atomic E-state index is 1.14. The van der Waals surface area contributed by atoms with Crippen molar-refractivity contribution in [1.29, 1.82) is 0 Å². The summed E-state index contributed by atoms with van der Waals surface area (Å²) < 4.78 is 9.06. The molecule has 0 aliphatic rings. The number of fused-ring (bicyclic) bond motifs is 5. The van der Waals surface area contributed by atoms with Crippen LogP contribution in [0.4, 0.5) is 0 Å². The second-order valence-corrected chi connectivity index (χ2v) is 48.3. The summed E-state index contributed by atoms with van der Waals surface area (Å²) in [5.74, 6) is 0. The first-order valence-corrected chi connectivity index (χ1v) is 39.1. The third-order valence-electron chi connectivity index (χ3n) is 9.35. The molecule has 0 saturated heterocycles. The van der Waals surface area contributed by atoms with Crippen molar-refractivity contribution in [3.05, 3.63) is 36.4 Å². The Morgan fingerprint density at radius 1 is 0.488 bits per heavy atom. The van der Waals surface area contributed by atoms with Gasteiger partial charge >= 0.3 is 216 Å². The quantitative estimate of drug-likeness (QED) is 0.0650. The first-order chi connectivity index (χ1) is 20.6. The summed E-state index contributed by atoms with van der Waals surface area (Å²) >= 11 is -0.0395. The third-order valence-corrected chi connectivity index (χ3v) is 30.4. The van der Waals surface area contributed by atoms with Gasteiger partial charge in [-0.25, -0.2) is 0 Å². The van der Waals surface area contributed by atoms with Gasteiger partial charge in [-0.05, 0) is 0 Å². The van der Waals surface area contributed by atoms with Crippen LogP contribution in [-0.2, 0) is 6.54 Å². The number of rotatable bonds is 17. The number of thiophene rings is 2. The van der Waals surface area contributed by atoms with Gasteiger partial charge in [-0.3, -0.25) is 0 Å². The van der Waals surface area contributed by atoms with Gasteiger partial charge in [-0.1, -0.05) is 64.7 Å². The molecule has 0 bridgehead atoms. The van der Waals surface area contributed by atoms with E-state index in [0.29, 0.717) is 0 Å². The molecule has 0 spiro atoms. The summed E-state index contributed by atoms with van der Waals surface area (Å²) in [5.41, 5.74) is 2.91. The van der Waals surface area contributed by atoms with Crippen molar-refractivity contribution in [1.82, 2.24) is 4.57 Å². The molecular weight excluding hydrogens is 772 g/mol. The molecule has 0 amide bonds. The second-order valence-electron chi connectivity index (χ2n) is 15.3. The topological polar surface area (TPSA) is 4.93 Å². The Morgan fingerprint density at radius 2 is 0.860 bits per heavy atom. The van der Waals surface area contributed by atoms with E-state index >= 15 is 0 Å². The Balaban J connectivity index is 1.28. The van der Waals surface area contributed by atoms with E-state index in [4.69, 9.17) is 0 Å². The zero-order chi connectivity index (χ0) is 30.6. The molecule has 0 saturated carbocycles. The van der Waals surface area contributed by atoms with Crippen LogP contribution in [0.25, 0.3) is 42.0 Å². The molecule has 0 N–H and O–H groups in total. The molecule has 234 valence electrons. The molecule has 0 aliphatic carbocycles. The molecule has 3 heterocycles. The maximum absolute atomic E-state index is 2.69. The maximum atomic E-state index is 2.69. The summed E-state index contributed by atoms with van der Waals surface area (Å²) in [4.78, 5) is 15.3. The van der Waals surface area contributed by atoms with Crippen LogP contribution in [0.15, 0.2) is 36.4 Å². The van der Waals surface area contributed by atoms with Crippen LogP contribution >= 0.6 is 22.7 Å². The second kappa shape index (κ2) is 15.1. The number of benzene rings is 2. The number of hydrogen-bond donors (Lipinski definition) is 0. The van der Waals surface area contributed by atoms with Crippen molar-refractivity contribution in [2.45, 2.75) is 133 Å². The summed E-state index contributed by atoms with van der Waals surface area (Å²) in [6, 6.07) is 15.3. The first kappa shape index (κ1) is 34.1. The molecule has 5 heteroatoms. The van der Waals surface area contributed by atoms with Crippen molar-refractivity contribution in [3.63, 3.8) is 0 Å². The Kier molecular flexibility index (Phi) is 12.0. The Morgan fingerprint density at radius 3 is 1.23 bits per heavy atom. The number of aryl methyl sites for hydroxylation is 1. The molecule has 1 nitrogen and oxygen atoms in total. The molecular formula is C38H57NS2Sn2. The monoisotopic (exact) mass is 831 g/mol. The number of hydrogen-bond acceptors (Lipinski definition) is 2. The van der Waals surface area contributed by atoms with E-state index in [1.54, 1.807) is 5.79 Å². The molecule has 0 atom stereocenters. The van der Waals surface area contributed by atoms with Gasteiger partial charge in [0.2, 0.25) is 0 Å². The normalized spacial score (nSPS) is 13.0. The summed E-state index contributed by atoms with van der Waals surface area (Å²) in [6.45, 7) is 3.45. The van der Waals surface area contributed by atoms with Gasteiger partial charge in [-0.15, -0.1) is 0 Å². The van der Waals surface area contributed by atoms with Crippen molar-refractivity contribution in [2.24, 2.45) is 0 Å². The minimum atomic E-state index is -2.10. The Bertz CT molecular complexity index is 1530. The molecule has 2 aromatic carbocycles. The predicted octanol–water partition coefficient (Wildman–Crippen LogP) is 12.8. The Labute approximate surface area is 278 Å². The fourth-order valence-electron chi connectivity index (χ4n) is 6.60. The van der Waals surface area contributed by atoms with Crippen molar-refractivity contribution < 1.29 is 0 Å². The van der Waals surface area contributed by atoms with E-state index in [0.717, 1.165) is 6.54 Å². The molecule has 0 radical (unpaired) electrons. The van der Waals surface area contributed by atoms with Gasteiger partial charge in [0.05, 0.1) is 0 Å². The number of aromatic nitrogens is 1. The van der Waals surface area contributed by atoms with E-state index < -0.39 is 36.8 Å². The average Bonchev–Trinajstić information content (AvgIpc) is 3.64. The van der Waals surface area contributed by atoms with Crippen LogP contribution in [0.1, 0.15) is 96.8 Å². The first-order valence-electron chi connectivity index (χ1n) is 17.5.